The number of aromatic nitrogens is 2. The van der Waals surface area contributed by atoms with E-state index in [1.807, 2.05) is 55.5 Å². The van der Waals surface area contributed by atoms with Crippen LogP contribution in [0.4, 0.5) is 25.1 Å². The summed E-state index contributed by atoms with van der Waals surface area (Å²) >= 11 is 0. The number of carbonyl (C=O) groups is 1. The molecule has 1 saturated heterocycles. The molecule has 5 rings (SSSR count). The Bertz CT molecular complexity index is 1350. The standard InChI is InChI=1S/C26H23F2N5O/c1-17-6-8-18(9-7-17)24-29-22-5-3-2-4-20(22)25(31-24)32-12-14-33(15-13-32)26(34)30-23-11-10-19(27)16-21(23)28/h2-11,16H,12-15H2,1H3,(H,30,34). The first kappa shape index (κ1) is 21.8. The number of para-hydroxylation sites is 1. The molecule has 0 atom stereocenters. The molecule has 6 nitrogen and oxygen atoms in total. The second kappa shape index (κ2) is 9.05. The average molecular weight is 460 g/mol. The summed E-state index contributed by atoms with van der Waals surface area (Å²) in [5.74, 6) is -0.0132. The van der Waals surface area contributed by atoms with Gasteiger partial charge in [0.2, 0.25) is 0 Å². The molecule has 3 aromatic carbocycles. The highest BCUT2D eigenvalue weighted by molar-refractivity contribution is 5.92. The Balaban J connectivity index is 1.36. The predicted molar refractivity (Wildman–Crippen MR) is 129 cm³/mol. The van der Waals surface area contributed by atoms with Crippen LogP contribution in [0.2, 0.25) is 0 Å². The van der Waals surface area contributed by atoms with E-state index in [1.54, 1.807) is 4.90 Å². The monoisotopic (exact) mass is 459 g/mol. The molecule has 34 heavy (non-hydrogen) atoms. The molecule has 0 saturated carbocycles. The number of hydrogen-bond donors (Lipinski definition) is 1. The Kier molecular flexibility index (Phi) is 5.79. The SMILES string of the molecule is Cc1ccc(-c2nc(N3CCN(C(=O)Nc4ccc(F)cc4F)CC3)c3ccccc3n2)cc1. The van der Waals surface area contributed by atoms with Crippen LogP contribution in [-0.4, -0.2) is 47.1 Å². The number of nitrogens with zero attached hydrogens (tertiary/aromatic N) is 4. The summed E-state index contributed by atoms with van der Waals surface area (Å²) < 4.78 is 27.0. The first-order chi connectivity index (χ1) is 16.5. The Labute approximate surface area is 195 Å². The maximum Gasteiger partial charge on any atom is 0.322 e. The van der Waals surface area contributed by atoms with Crippen molar-refractivity contribution in [3.63, 3.8) is 0 Å². The van der Waals surface area contributed by atoms with Crippen molar-refractivity contribution < 1.29 is 13.6 Å². The molecule has 1 fully saturated rings. The zero-order chi connectivity index (χ0) is 23.7. The quantitative estimate of drug-likeness (QED) is 0.455. The molecule has 0 unspecified atom stereocenters. The van der Waals surface area contributed by atoms with Gasteiger partial charge in [0.05, 0.1) is 11.2 Å². The highest BCUT2D eigenvalue weighted by Gasteiger charge is 2.24. The topological polar surface area (TPSA) is 61.4 Å². The Morgan fingerprint density at radius 1 is 0.912 bits per heavy atom. The van der Waals surface area contributed by atoms with E-state index < -0.39 is 17.7 Å². The number of amides is 2. The van der Waals surface area contributed by atoms with Gasteiger partial charge in [-0.05, 0) is 31.2 Å². The zero-order valence-corrected chi connectivity index (χ0v) is 18.6. The molecule has 2 amide bonds. The van der Waals surface area contributed by atoms with Crippen molar-refractivity contribution in [2.75, 3.05) is 36.4 Å². The van der Waals surface area contributed by atoms with Crippen LogP contribution in [0.5, 0.6) is 0 Å². The van der Waals surface area contributed by atoms with E-state index in [-0.39, 0.29) is 5.69 Å². The molecule has 0 bridgehead atoms. The molecular weight excluding hydrogens is 436 g/mol. The number of hydrogen-bond acceptors (Lipinski definition) is 4. The average Bonchev–Trinajstić information content (AvgIpc) is 2.85. The summed E-state index contributed by atoms with van der Waals surface area (Å²) in [4.78, 5) is 26.0. The Morgan fingerprint density at radius 2 is 1.65 bits per heavy atom. The van der Waals surface area contributed by atoms with E-state index in [2.05, 4.69) is 10.2 Å². The fourth-order valence-corrected chi connectivity index (χ4v) is 4.04. The third-order valence-corrected chi connectivity index (χ3v) is 5.93. The molecule has 8 heteroatoms. The summed E-state index contributed by atoms with van der Waals surface area (Å²) in [5, 5.41) is 3.48. The number of carbonyl (C=O) groups excluding carboxylic acids is 1. The fourth-order valence-electron chi connectivity index (χ4n) is 4.04. The highest BCUT2D eigenvalue weighted by Crippen LogP contribution is 2.28. The Hall–Kier alpha value is -4.07. The van der Waals surface area contributed by atoms with Crippen molar-refractivity contribution in [2.45, 2.75) is 6.92 Å². The van der Waals surface area contributed by atoms with Crippen LogP contribution in [0.15, 0.2) is 66.7 Å². The summed E-state index contributed by atoms with van der Waals surface area (Å²) in [6.07, 6.45) is 0. The van der Waals surface area contributed by atoms with Crippen LogP contribution < -0.4 is 10.2 Å². The van der Waals surface area contributed by atoms with Crippen molar-refractivity contribution in [3.05, 3.63) is 83.9 Å². The van der Waals surface area contributed by atoms with Gasteiger partial charge < -0.3 is 15.1 Å². The molecule has 0 aliphatic carbocycles. The largest absolute Gasteiger partial charge is 0.352 e. The third-order valence-electron chi connectivity index (χ3n) is 5.93. The number of anilines is 2. The first-order valence-corrected chi connectivity index (χ1v) is 11.1. The number of rotatable bonds is 3. The van der Waals surface area contributed by atoms with Crippen molar-refractivity contribution in [1.82, 2.24) is 14.9 Å². The number of halogens is 2. The lowest BCUT2D eigenvalue weighted by Gasteiger charge is -2.36. The number of fused-ring (bicyclic) bond motifs is 1. The highest BCUT2D eigenvalue weighted by atomic mass is 19.1. The van der Waals surface area contributed by atoms with E-state index in [4.69, 9.17) is 9.97 Å². The molecule has 1 aromatic heterocycles. The van der Waals surface area contributed by atoms with Crippen LogP contribution in [0.1, 0.15) is 5.56 Å². The summed E-state index contributed by atoms with van der Waals surface area (Å²) in [7, 11) is 0. The van der Waals surface area contributed by atoms with Crippen LogP contribution in [0, 0.1) is 18.6 Å². The lowest BCUT2D eigenvalue weighted by molar-refractivity contribution is 0.208. The number of benzene rings is 3. The van der Waals surface area contributed by atoms with Crippen LogP contribution in [0.3, 0.4) is 0 Å². The van der Waals surface area contributed by atoms with E-state index in [1.165, 1.54) is 11.6 Å². The fraction of sp³-hybridized carbons (Fsp3) is 0.192. The molecule has 0 radical (unpaired) electrons. The lowest BCUT2D eigenvalue weighted by Crippen LogP contribution is -2.50. The molecule has 1 aliphatic heterocycles. The third kappa shape index (κ3) is 4.39. The van der Waals surface area contributed by atoms with E-state index in [0.29, 0.717) is 32.0 Å². The second-order valence-electron chi connectivity index (χ2n) is 8.28. The van der Waals surface area contributed by atoms with Gasteiger partial charge in [-0.2, -0.15) is 0 Å². The van der Waals surface area contributed by atoms with Gasteiger partial charge in [-0.3, -0.25) is 0 Å². The second-order valence-corrected chi connectivity index (χ2v) is 8.28. The maximum atomic E-state index is 13.9. The first-order valence-electron chi connectivity index (χ1n) is 11.1. The maximum absolute atomic E-state index is 13.9. The number of piperazine rings is 1. The number of urea groups is 1. The minimum Gasteiger partial charge on any atom is -0.352 e. The van der Waals surface area contributed by atoms with Gasteiger partial charge in [0, 0.05) is 43.2 Å². The minimum atomic E-state index is -0.803. The summed E-state index contributed by atoms with van der Waals surface area (Å²) in [6, 6.07) is 18.7. The van der Waals surface area contributed by atoms with Crippen molar-refractivity contribution in [2.24, 2.45) is 0 Å². The van der Waals surface area contributed by atoms with E-state index in [0.717, 1.165) is 34.4 Å². The molecule has 172 valence electrons. The lowest BCUT2D eigenvalue weighted by atomic mass is 10.1. The Morgan fingerprint density at radius 3 is 2.38 bits per heavy atom. The summed E-state index contributed by atoms with van der Waals surface area (Å²) in [5.41, 5.74) is 2.92. The van der Waals surface area contributed by atoms with Gasteiger partial charge in [-0.15, -0.1) is 0 Å². The number of aryl methyl sites for hydroxylation is 1. The molecule has 1 aliphatic rings. The predicted octanol–water partition coefficient (Wildman–Crippen LogP) is 5.24. The van der Waals surface area contributed by atoms with Gasteiger partial charge in [0.25, 0.3) is 0 Å². The molecule has 2 heterocycles. The molecular formula is C26H23F2N5O. The van der Waals surface area contributed by atoms with Crippen molar-refractivity contribution >= 4 is 28.4 Å². The summed E-state index contributed by atoms with van der Waals surface area (Å²) in [6.45, 7) is 4.04. The van der Waals surface area contributed by atoms with Crippen LogP contribution in [-0.2, 0) is 0 Å². The van der Waals surface area contributed by atoms with Gasteiger partial charge in [-0.25, -0.2) is 23.5 Å². The van der Waals surface area contributed by atoms with Crippen molar-refractivity contribution in [1.29, 1.82) is 0 Å². The van der Waals surface area contributed by atoms with Crippen LogP contribution >= 0.6 is 0 Å². The van der Waals surface area contributed by atoms with Gasteiger partial charge in [-0.1, -0.05) is 42.0 Å². The zero-order valence-electron chi connectivity index (χ0n) is 18.6. The normalized spacial score (nSPS) is 13.9. The van der Waals surface area contributed by atoms with Gasteiger partial charge in [0.1, 0.15) is 17.5 Å². The molecule has 1 N–H and O–H groups in total. The smallest absolute Gasteiger partial charge is 0.322 e. The van der Waals surface area contributed by atoms with Gasteiger partial charge >= 0.3 is 6.03 Å². The minimum absolute atomic E-state index is 0.0432. The van der Waals surface area contributed by atoms with Crippen LogP contribution in [0.25, 0.3) is 22.3 Å². The van der Waals surface area contributed by atoms with E-state index >= 15 is 0 Å². The van der Waals surface area contributed by atoms with Crippen molar-refractivity contribution in [3.8, 4) is 11.4 Å². The number of nitrogens with one attached hydrogen (secondary N) is 1. The molecule has 0 spiro atoms. The molecule has 4 aromatic rings. The van der Waals surface area contributed by atoms with Gasteiger partial charge in [0.15, 0.2) is 5.82 Å². The van der Waals surface area contributed by atoms with E-state index in [9.17, 15) is 13.6 Å².